The first kappa shape index (κ1) is 42.4. The van der Waals surface area contributed by atoms with Crippen molar-refractivity contribution in [2.75, 3.05) is 41.1 Å². The molecule has 0 bridgehead atoms. The van der Waals surface area contributed by atoms with E-state index in [4.69, 9.17) is 5.84 Å². The van der Waals surface area contributed by atoms with Crippen LogP contribution in [0.5, 0.6) is 0 Å². The number of hydrazine groups is 1. The van der Waals surface area contributed by atoms with E-state index in [2.05, 4.69) is 95.7 Å². The minimum Gasteiger partial charge on any atom is -0.344 e. The summed E-state index contributed by atoms with van der Waals surface area (Å²) < 4.78 is 34.2. The summed E-state index contributed by atoms with van der Waals surface area (Å²) in [6.07, 6.45) is 11.6. The van der Waals surface area contributed by atoms with Crippen LogP contribution in [0.4, 0.5) is 17.1 Å². The summed E-state index contributed by atoms with van der Waals surface area (Å²) in [4.78, 5) is 38.5. The molecule has 56 heavy (non-hydrogen) atoms. The van der Waals surface area contributed by atoms with E-state index in [1.165, 1.54) is 35.0 Å². The maximum atomic E-state index is 12.8. The highest BCUT2D eigenvalue weighted by molar-refractivity contribution is 7.99. The predicted molar refractivity (Wildman–Crippen MR) is 227 cm³/mol. The maximum Gasteiger partial charge on any atom is 0.264 e. The number of nitrogens with zero attached hydrogens (tertiary/aromatic N) is 2. The van der Waals surface area contributed by atoms with Crippen molar-refractivity contribution in [3.8, 4) is 0 Å². The SMILES string of the molecule is CC(=O)NC(CCSCC(=O)Nc1ccc2c(c1)C(C)(C)C(/C=C/C=C/C=C1/N(CCCCS(=O)(=O)O)c3ccc4ccccc4c3C1(C)C)=[N+]2C)C(=O)NN. The van der Waals surface area contributed by atoms with Crippen LogP contribution in [0.15, 0.2) is 90.7 Å². The number of benzene rings is 3. The molecule has 0 aromatic heterocycles. The lowest BCUT2D eigenvalue weighted by Crippen LogP contribution is -2.48. The molecule has 0 radical (unpaired) electrons. The van der Waals surface area contributed by atoms with Crippen molar-refractivity contribution in [3.63, 3.8) is 0 Å². The van der Waals surface area contributed by atoms with E-state index in [0.717, 1.165) is 28.3 Å². The first-order valence-corrected chi connectivity index (χ1v) is 21.4. The molecule has 3 aromatic rings. The molecule has 0 fully saturated rings. The topological polar surface area (TPSA) is 174 Å². The molecule has 12 nitrogen and oxygen atoms in total. The van der Waals surface area contributed by atoms with Gasteiger partial charge in [0, 0.05) is 53.7 Å². The van der Waals surface area contributed by atoms with E-state index in [1.807, 2.05) is 49.5 Å². The fraction of sp³-hybridized carbons (Fsp3) is 0.381. The van der Waals surface area contributed by atoms with Crippen LogP contribution in [0.1, 0.15) is 65.0 Å². The predicted octanol–water partition coefficient (Wildman–Crippen LogP) is 5.86. The van der Waals surface area contributed by atoms with Crippen molar-refractivity contribution >= 4 is 73.1 Å². The number of thioether (sulfide) groups is 1. The zero-order valence-corrected chi connectivity index (χ0v) is 34.5. The van der Waals surface area contributed by atoms with Gasteiger partial charge in [0.1, 0.15) is 13.1 Å². The van der Waals surface area contributed by atoms with Gasteiger partial charge in [0.2, 0.25) is 17.5 Å². The van der Waals surface area contributed by atoms with Crippen LogP contribution < -0.4 is 26.8 Å². The molecule has 14 heteroatoms. The number of fused-ring (bicyclic) bond motifs is 4. The van der Waals surface area contributed by atoms with Crippen molar-refractivity contribution < 1.29 is 31.9 Å². The summed E-state index contributed by atoms with van der Waals surface area (Å²) in [6, 6.07) is 17.8. The van der Waals surface area contributed by atoms with E-state index >= 15 is 0 Å². The van der Waals surface area contributed by atoms with Gasteiger partial charge in [-0.25, -0.2) is 5.84 Å². The molecule has 0 spiro atoms. The Morgan fingerprint density at radius 2 is 1.75 bits per heavy atom. The molecule has 2 aliphatic heterocycles. The number of carbonyl (C=O) groups excluding carboxylic acids is 3. The van der Waals surface area contributed by atoms with Crippen molar-refractivity contribution in [2.24, 2.45) is 5.84 Å². The number of anilines is 2. The standard InChI is InChI=1S/C42H52N6O6S2/c1-28(49)44-33(40(51)46-43)22-24-55-27-38(50)45-30-19-21-34-32(26-30)41(2,3)36(47(34)6)16-8-7-9-17-37-42(4,5)39-31-15-11-10-14-29(31)18-20-35(39)48(37)23-12-13-25-56(52,53)54/h7-11,14-21,26,33H,12-13,22-25,27,43H2,1-6H3,(H3-,44,45,46,49,50,51,52,53,54)/p+1. The highest BCUT2D eigenvalue weighted by Crippen LogP contribution is 2.51. The van der Waals surface area contributed by atoms with E-state index in [9.17, 15) is 27.4 Å². The Balaban J connectivity index is 1.26. The van der Waals surface area contributed by atoms with Crippen LogP contribution in [0, 0.1) is 0 Å². The second kappa shape index (κ2) is 17.6. The maximum absolute atomic E-state index is 12.8. The van der Waals surface area contributed by atoms with Gasteiger partial charge in [-0.05, 0) is 79.5 Å². The van der Waals surface area contributed by atoms with Gasteiger partial charge < -0.3 is 15.5 Å². The third-order valence-electron chi connectivity index (χ3n) is 10.5. The zero-order chi connectivity index (χ0) is 40.8. The molecule has 6 N–H and O–H groups in total. The minimum absolute atomic E-state index is 0.166. The van der Waals surface area contributed by atoms with E-state index < -0.39 is 22.1 Å². The van der Waals surface area contributed by atoms with E-state index in [1.54, 1.807) is 0 Å². The number of nitrogens with one attached hydrogen (secondary N) is 3. The Morgan fingerprint density at radius 1 is 1.00 bits per heavy atom. The molecule has 0 aliphatic carbocycles. The van der Waals surface area contributed by atoms with Gasteiger partial charge in [-0.15, -0.1) is 0 Å². The molecule has 0 saturated carbocycles. The first-order valence-electron chi connectivity index (χ1n) is 18.7. The van der Waals surface area contributed by atoms with Gasteiger partial charge in [0.25, 0.3) is 16.0 Å². The largest absolute Gasteiger partial charge is 0.344 e. The van der Waals surface area contributed by atoms with Crippen molar-refractivity contribution in [1.82, 2.24) is 10.7 Å². The number of rotatable bonds is 16. The van der Waals surface area contributed by atoms with Crippen LogP contribution in [0.25, 0.3) is 10.8 Å². The number of amides is 3. The molecule has 1 unspecified atom stereocenters. The van der Waals surface area contributed by atoms with Gasteiger partial charge in [-0.3, -0.25) is 24.4 Å². The summed E-state index contributed by atoms with van der Waals surface area (Å²) in [7, 11) is -1.98. The van der Waals surface area contributed by atoms with Crippen molar-refractivity contribution in [3.05, 3.63) is 102 Å². The van der Waals surface area contributed by atoms with Crippen molar-refractivity contribution in [1.29, 1.82) is 0 Å². The lowest BCUT2D eigenvalue weighted by atomic mass is 9.81. The van der Waals surface area contributed by atoms with Gasteiger partial charge in [-0.2, -0.15) is 24.8 Å². The fourth-order valence-corrected chi connectivity index (χ4v) is 9.15. The number of allylic oxidation sites excluding steroid dienone is 6. The highest BCUT2D eigenvalue weighted by Gasteiger charge is 2.43. The molecule has 5 rings (SSSR count). The second-order valence-electron chi connectivity index (χ2n) is 15.2. The normalized spacial score (nSPS) is 17.1. The third kappa shape index (κ3) is 9.60. The van der Waals surface area contributed by atoms with Gasteiger partial charge in [0.05, 0.1) is 16.9 Å². The molecule has 3 aromatic carbocycles. The van der Waals surface area contributed by atoms with Crippen molar-refractivity contribution in [2.45, 2.75) is 70.8 Å². The van der Waals surface area contributed by atoms with E-state index in [0.29, 0.717) is 37.2 Å². The third-order valence-corrected chi connectivity index (χ3v) is 12.3. The first-order chi connectivity index (χ1) is 26.5. The zero-order valence-electron chi connectivity index (χ0n) is 32.9. The Hall–Kier alpha value is -4.76. The Kier molecular flexibility index (Phi) is 13.3. The smallest absolute Gasteiger partial charge is 0.264 e. The number of nitrogens with two attached hydrogens (primary N) is 1. The fourth-order valence-electron chi connectivity index (χ4n) is 7.78. The van der Waals surface area contributed by atoms with Crippen LogP contribution >= 0.6 is 11.8 Å². The summed E-state index contributed by atoms with van der Waals surface area (Å²) in [6.45, 7) is 10.7. The average molecular weight is 802 g/mol. The summed E-state index contributed by atoms with van der Waals surface area (Å²) >= 11 is 1.37. The van der Waals surface area contributed by atoms with E-state index in [-0.39, 0.29) is 34.2 Å². The van der Waals surface area contributed by atoms with Crippen LogP contribution in [0.2, 0.25) is 0 Å². The number of carbonyl (C=O) groups is 3. The minimum atomic E-state index is -4.02. The van der Waals surface area contributed by atoms with Crippen LogP contribution in [-0.2, 0) is 35.3 Å². The van der Waals surface area contributed by atoms with Gasteiger partial charge in [0.15, 0.2) is 5.71 Å². The summed E-state index contributed by atoms with van der Waals surface area (Å²) in [5, 5.41) is 7.92. The molecule has 298 valence electrons. The lowest BCUT2D eigenvalue weighted by molar-refractivity contribution is -0.401. The molecule has 3 amide bonds. The van der Waals surface area contributed by atoms with Gasteiger partial charge in [-0.1, -0.05) is 62.4 Å². The van der Waals surface area contributed by atoms with Crippen LogP contribution in [0.3, 0.4) is 0 Å². The molecular formula is C42H53N6O6S2+. The Bertz CT molecular complexity index is 2240. The average Bonchev–Trinajstić information content (AvgIpc) is 3.47. The molecular weight excluding hydrogens is 749 g/mol. The molecule has 2 heterocycles. The highest BCUT2D eigenvalue weighted by atomic mass is 32.2. The van der Waals surface area contributed by atoms with Crippen LogP contribution in [-0.4, -0.2) is 77.9 Å². The summed E-state index contributed by atoms with van der Waals surface area (Å²) in [5.41, 5.74) is 8.79. The molecule has 2 aliphatic rings. The number of unbranched alkanes of at least 4 members (excludes halogenated alkanes) is 1. The Labute approximate surface area is 334 Å². The van der Waals surface area contributed by atoms with Gasteiger partial charge >= 0.3 is 0 Å². The Morgan fingerprint density at radius 3 is 2.46 bits per heavy atom. The molecule has 1 atom stereocenters. The quantitative estimate of drug-likeness (QED) is 0.0226. The lowest BCUT2D eigenvalue weighted by Gasteiger charge is -2.27. The number of hydrogen-bond donors (Lipinski definition) is 5. The number of hydrogen-bond acceptors (Lipinski definition) is 8. The monoisotopic (exact) mass is 801 g/mol. The molecule has 0 saturated heterocycles. The summed E-state index contributed by atoms with van der Waals surface area (Å²) in [5.74, 6) is 4.65. The second-order valence-corrected chi connectivity index (χ2v) is 17.9.